The number of morpholine rings is 1. The number of piperazine rings is 1. The van der Waals surface area contributed by atoms with Gasteiger partial charge in [0.15, 0.2) is 0 Å². The summed E-state index contributed by atoms with van der Waals surface area (Å²) < 4.78 is 5.30. The van der Waals surface area contributed by atoms with E-state index in [1.165, 1.54) is 6.07 Å². The van der Waals surface area contributed by atoms with E-state index in [0.717, 1.165) is 13.1 Å². The minimum Gasteiger partial charge on any atom is -0.506 e. The molecule has 6 nitrogen and oxygen atoms in total. The number of hydrogen-bond acceptors (Lipinski definition) is 5. The van der Waals surface area contributed by atoms with E-state index in [1.54, 1.807) is 6.07 Å². The molecule has 2 fully saturated rings. The summed E-state index contributed by atoms with van der Waals surface area (Å²) in [5.41, 5.74) is 0.692. The fraction of sp³-hybridized carbons (Fsp3) is 0.562. The number of ether oxygens (including phenoxy) is 1. The van der Waals surface area contributed by atoms with Crippen molar-refractivity contribution in [3.63, 3.8) is 0 Å². The van der Waals surface area contributed by atoms with Gasteiger partial charge in [-0.05, 0) is 12.1 Å². The first kappa shape index (κ1) is 17.8. The lowest BCUT2D eigenvalue weighted by molar-refractivity contribution is -0.138. The molecule has 0 aromatic heterocycles. The average Bonchev–Trinajstić information content (AvgIpc) is 2.62. The number of halogens is 2. The molecule has 0 unspecified atom stereocenters. The molecule has 1 amide bonds. The van der Waals surface area contributed by atoms with Gasteiger partial charge in [-0.15, -0.1) is 0 Å². The molecule has 2 aliphatic rings. The van der Waals surface area contributed by atoms with Crippen LogP contribution in [0.5, 0.6) is 5.75 Å². The summed E-state index contributed by atoms with van der Waals surface area (Å²) >= 11 is 12.4. The molecule has 3 rings (SSSR count). The van der Waals surface area contributed by atoms with Crippen LogP contribution >= 0.6 is 23.2 Å². The number of aromatic hydroxyl groups is 1. The Labute approximate surface area is 151 Å². The van der Waals surface area contributed by atoms with E-state index in [1.807, 2.05) is 4.90 Å². The second kappa shape index (κ2) is 7.89. The second-order valence-electron chi connectivity index (χ2n) is 6.04. The van der Waals surface area contributed by atoms with Crippen LogP contribution in [0.15, 0.2) is 12.1 Å². The fourth-order valence-electron chi connectivity index (χ4n) is 3.08. The minimum absolute atomic E-state index is 0.0205. The third kappa shape index (κ3) is 3.95. The van der Waals surface area contributed by atoms with Crippen molar-refractivity contribution in [2.24, 2.45) is 0 Å². The molecule has 8 heteroatoms. The lowest BCUT2D eigenvalue weighted by atomic mass is 10.1. The Morgan fingerprint density at radius 3 is 2.79 bits per heavy atom. The maximum absolute atomic E-state index is 12.6. The third-order valence-electron chi connectivity index (χ3n) is 4.43. The molecular weight excluding hydrogens is 353 g/mol. The van der Waals surface area contributed by atoms with E-state index in [4.69, 9.17) is 27.9 Å². The van der Waals surface area contributed by atoms with Gasteiger partial charge in [-0.1, -0.05) is 23.2 Å². The average molecular weight is 374 g/mol. The summed E-state index contributed by atoms with van der Waals surface area (Å²) in [6.45, 7) is 5.05. The summed E-state index contributed by atoms with van der Waals surface area (Å²) in [6.07, 6.45) is 0. The highest BCUT2D eigenvalue weighted by molar-refractivity contribution is 6.36. The van der Waals surface area contributed by atoms with Crippen LogP contribution in [-0.2, 0) is 16.1 Å². The normalized spacial score (nSPS) is 22.6. The van der Waals surface area contributed by atoms with Gasteiger partial charge < -0.3 is 20.1 Å². The van der Waals surface area contributed by atoms with E-state index in [2.05, 4.69) is 10.2 Å². The Balaban J connectivity index is 1.65. The van der Waals surface area contributed by atoms with E-state index in [0.29, 0.717) is 50.0 Å². The molecular formula is C16H21Cl2N3O3. The molecule has 2 N–H and O–H groups in total. The van der Waals surface area contributed by atoms with Crippen LogP contribution in [0.2, 0.25) is 10.0 Å². The van der Waals surface area contributed by atoms with Crippen LogP contribution in [0.3, 0.4) is 0 Å². The van der Waals surface area contributed by atoms with Gasteiger partial charge in [-0.2, -0.15) is 0 Å². The number of carbonyl (C=O) groups is 1. The second-order valence-corrected chi connectivity index (χ2v) is 6.82. The van der Waals surface area contributed by atoms with Crippen LogP contribution in [0.1, 0.15) is 5.56 Å². The van der Waals surface area contributed by atoms with Gasteiger partial charge >= 0.3 is 0 Å². The Morgan fingerprint density at radius 2 is 2.04 bits per heavy atom. The van der Waals surface area contributed by atoms with E-state index >= 15 is 0 Å². The van der Waals surface area contributed by atoms with Crippen LogP contribution in [0.25, 0.3) is 0 Å². The standard InChI is InChI=1S/C16H21Cl2N3O3/c17-12-1-2-14(22)15(18)11(12)9-20-4-3-19-13(10-20)16(23)21-5-7-24-8-6-21/h1-2,13,19,22H,3-10H2/t13-/m0/s1. The van der Waals surface area contributed by atoms with Gasteiger partial charge in [-0.25, -0.2) is 0 Å². The van der Waals surface area contributed by atoms with Crippen molar-refractivity contribution in [2.45, 2.75) is 12.6 Å². The molecule has 0 radical (unpaired) electrons. The molecule has 0 spiro atoms. The molecule has 0 bridgehead atoms. The van der Waals surface area contributed by atoms with Gasteiger partial charge in [0.25, 0.3) is 0 Å². The Hall–Kier alpha value is -1.05. The van der Waals surface area contributed by atoms with Gasteiger partial charge in [0.1, 0.15) is 5.75 Å². The molecule has 132 valence electrons. The molecule has 2 heterocycles. The van der Waals surface area contributed by atoms with Crippen LogP contribution in [-0.4, -0.2) is 72.8 Å². The van der Waals surface area contributed by atoms with Crippen molar-refractivity contribution >= 4 is 29.1 Å². The molecule has 0 saturated carbocycles. The molecule has 1 atom stereocenters. The van der Waals surface area contributed by atoms with Gasteiger partial charge in [-0.3, -0.25) is 9.69 Å². The SMILES string of the molecule is O=C([C@@H]1CN(Cc2c(Cl)ccc(O)c2Cl)CCN1)N1CCOCC1. The highest BCUT2D eigenvalue weighted by Gasteiger charge is 2.30. The molecule has 2 saturated heterocycles. The first-order valence-corrected chi connectivity index (χ1v) is 8.80. The summed E-state index contributed by atoms with van der Waals surface area (Å²) in [5, 5.41) is 13.8. The molecule has 2 aliphatic heterocycles. The first-order valence-electron chi connectivity index (χ1n) is 8.04. The summed E-state index contributed by atoms with van der Waals surface area (Å²) in [6, 6.07) is 2.87. The van der Waals surface area contributed by atoms with Crippen molar-refractivity contribution in [1.29, 1.82) is 0 Å². The molecule has 24 heavy (non-hydrogen) atoms. The first-order chi connectivity index (χ1) is 11.6. The maximum Gasteiger partial charge on any atom is 0.241 e. The number of phenols is 1. The molecule has 0 aliphatic carbocycles. The highest BCUT2D eigenvalue weighted by atomic mass is 35.5. The molecule has 1 aromatic carbocycles. The smallest absolute Gasteiger partial charge is 0.241 e. The number of rotatable bonds is 3. The van der Waals surface area contributed by atoms with Gasteiger partial charge in [0, 0.05) is 49.9 Å². The zero-order valence-corrected chi connectivity index (χ0v) is 14.8. The summed E-state index contributed by atoms with van der Waals surface area (Å²) in [4.78, 5) is 16.6. The topological polar surface area (TPSA) is 65.0 Å². The van der Waals surface area contributed by atoms with Crippen molar-refractivity contribution in [2.75, 3.05) is 45.9 Å². The van der Waals surface area contributed by atoms with Crippen molar-refractivity contribution in [1.82, 2.24) is 15.1 Å². The minimum atomic E-state index is -0.244. The number of amides is 1. The van der Waals surface area contributed by atoms with Crippen LogP contribution in [0, 0.1) is 0 Å². The quantitative estimate of drug-likeness (QED) is 0.836. The largest absolute Gasteiger partial charge is 0.506 e. The number of carbonyl (C=O) groups excluding carboxylic acids is 1. The van der Waals surface area contributed by atoms with Crippen molar-refractivity contribution in [3.05, 3.63) is 27.7 Å². The predicted octanol–water partition coefficient (Wildman–Crippen LogP) is 1.33. The van der Waals surface area contributed by atoms with Gasteiger partial charge in [0.2, 0.25) is 5.91 Å². The van der Waals surface area contributed by atoms with Crippen LogP contribution in [0.4, 0.5) is 0 Å². The van der Waals surface area contributed by atoms with E-state index < -0.39 is 0 Å². The third-order valence-corrected chi connectivity index (χ3v) is 5.20. The fourth-order valence-corrected chi connectivity index (χ4v) is 3.57. The predicted molar refractivity (Wildman–Crippen MR) is 92.6 cm³/mol. The maximum atomic E-state index is 12.6. The Bertz CT molecular complexity index is 608. The van der Waals surface area contributed by atoms with Crippen molar-refractivity contribution in [3.8, 4) is 5.75 Å². The van der Waals surface area contributed by atoms with E-state index in [9.17, 15) is 9.90 Å². The number of benzene rings is 1. The van der Waals surface area contributed by atoms with Crippen LogP contribution < -0.4 is 5.32 Å². The Morgan fingerprint density at radius 1 is 1.29 bits per heavy atom. The Kier molecular flexibility index (Phi) is 5.84. The lowest BCUT2D eigenvalue weighted by Gasteiger charge is -2.37. The van der Waals surface area contributed by atoms with E-state index in [-0.39, 0.29) is 22.7 Å². The number of phenolic OH excluding ortho intramolecular Hbond substituents is 1. The van der Waals surface area contributed by atoms with Crippen molar-refractivity contribution < 1.29 is 14.6 Å². The number of nitrogens with zero attached hydrogens (tertiary/aromatic N) is 2. The summed E-state index contributed by atoms with van der Waals surface area (Å²) in [7, 11) is 0. The molecule has 1 aromatic rings. The number of nitrogens with one attached hydrogen (secondary N) is 1. The van der Waals surface area contributed by atoms with Gasteiger partial charge in [0.05, 0.1) is 24.3 Å². The number of hydrogen-bond donors (Lipinski definition) is 2. The monoisotopic (exact) mass is 373 g/mol. The highest BCUT2D eigenvalue weighted by Crippen LogP contribution is 2.33. The zero-order valence-electron chi connectivity index (χ0n) is 13.3. The summed E-state index contributed by atoms with van der Waals surface area (Å²) in [5.74, 6) is 0.128. The lowest BCUT2D eigenvalue weighted by Crippen LogP contribution is -2.58. The zero-order chi connectivity index (χ0) is 17.1.